The van der Waals surface area contributed by atoms with E-state index < -0.39 is 0 Å². The Morgan fingerprint density at radius 2 is 1.65 bits per heavy atom. The highest BCUT2D eigenvalue weighted by molar-refractivity contribution is 4.88. The fourth-order valence-corrected chi connectivity index (χ4v) is 3.37. The third-order valence-corrected chi connectivity index (χ3v) is 4.71. The zero-order valence-corrected chi connectivity index (χ0v) is 14.1. The van der Waals surface area contributed by atoms with Gasteiger partial charge in [0.2, 0.25) is 0 Å². The monoisotopic (exact) mass is 284 g/mol. The molecule has 3 heteroatoms. The molecule has 3 nitrogen and oxygen atoms in total. The van der Waals surface area contributed by atoms with Crippen LogP contribution in [0, 0.1) is 5.41 Å². The van der Waals surface area contributed by atoms with E-state index in [2.05, 4.69) is 37.9 Å². The molecule has 0 bridgehead atoms. The molecule has 0 spiro atoms. The minimum Gasteiger partial charge on any atom is -0.395 e. The van der Waals surface area contributed by atoms with Gasteiger partial charge >= 0.3 is 0 Å². The first kappa shape index (κ1) is 17.9. The molecule has 0 aromatic rings. The molecule has 1 aliphatic carbocycles. The summed E-state index contributed by atoms with van der Waals surface area (Å²) in [6.07, 6.45) is 8.19. The van der Waals surface area contributed by atoms with E-state index >= 15 is 0 Å². The molecule has 0 aliphatic heterocycles. The van der Waals surface area contributed by atoms with E-state index in [0.717, 1.165) is 19.6 Å². The van der Waals surface area contributed by atoms with Gasteiger partial charge in [-0.05, 0) is 32.1 Å². The van der Waals surface area contributed by atoms with Crippen molar-refractivity contribution in [3.63, 3.8) is 0 Å². The fraction of sp³-hybridized carbons (Fsp3) is 1.00. The average molecular weight is 284 g/mol. The Kier molecular flexibility index (Phi) is 8.08. The van der Waals surface area contributed by atoms with E-state index in [1.165, 1.54) is 38.5 Å². The summed E-state index contributed by atoms with van der Waals surface area (Å²) in [7, 11) is 0. The van der Waals surface area contributed by atoms with Gasteiger partial charge in [0.15, 0.2) is 0 Å². The summed E-state index contributed by atoms with van der Waals surface area (Å²) in [6, 6.07) is 1.07. The van der Waals surface area contributed by atoms with Crippen LogP contribution in [0.3, 0.4) is 0 Å². The molecule has 20 heavy (non-hydrogen) atoms. The van der Waals surface area contributed by atoms with Crippen LogP contribution < -0.4 is 5.32 Å². The van der Waals surface area contributed by atoms with Crippen molar-refractivity contribution in [2.45, 2.75) is 78.3 Å². The highest BCUT2D eigenvalue weighted by atomic mass is 16.3. The van der Waals surface area contributed by atoms with E-state index in [1.54, 1.807) is 0 Å². The van der Waals surface area contributed by atoms with Crippen molar-refractivity contribution >= 4 is 0 Å². The van der Waals surface area contributed by atoms with E-state index in [4.69, 9.17) is 0 Å². The smallest absolute Gasteiger partial charge is 0.0558 e. The SMILES string of the molecule is CC(C)NCC1(CN(CCO)C(C)C)CCCCCC1. The molecule has 1 aliphatic rings. The Morgan fingerprint density at radius 3 is 2.10 bits per heavy atom. The summed E-state index contributed by atoms with van der Waals surface area (Å²) in [5.74, 6) is 0. The first-order chi connectivity index (χ1) is 9.49. The topological polar surface area (TPSA) is 35.5 Å². The summed E-state index contributed by atoms with van der Waals surface area (Å²) < 4.78 is 0. The molecular formula is C17H36N2O. The summed E-state index contributed by atoms with van der Waals surface area (Å²) >= 11 is 0. The number of hydrogen-bond donors (Lipinski definition) is 2. The third-order valence-electron chi connectivity index (χ3n) is 4.71. The second kappa shape index (κ2) is 9.01. The molecule has 1 fully saturated rings. The molecule has 0 amide bonds. The van der Waals surface area contributed by atoms with E-state index in [-0.39, 0.29) is 6.61 Å². The number of nitrogens with one attached hydrogen (secondary N) is 1. The Bertz CT molecular complexity index is 245. The van der Waals surface area contributed by atoms with Gasteiger partial charge in [-0.3, -0.25) is 4.90 Å². The number of hydrogen-bond acceptors (Lipinski definition) is 3. The van der Waals surface area contributed by atoms with Crippen molar-refractivity contribution in [3.8, 4) is 0 Å². The minimum atomic E-state index is 0.270. The Hall–Kier alpha value is -0.120. The van der Waals surface area contributed by atoms with Crippen molar-refractivity contribution in [1.29, 1.82) is 0 Å². The van der Waals surface area contributed by atoms with Gasteiger partial charge < -0.3 is 10.4 Å². The Morgan fingerprint density at radius 1 is 1.05 bits per heavy atom. The molecule has 0 radical (unpaired) electrons. The summed E-state index contributed by atoms with van der Waals surface area (Å²) in [5, 5.41) is 13.0. The standard InChI is InChI=1S/C17H36N2O/c1-15(2)18-13-17(9-7-5-6-8-10-17)14-19(11-12-20)16(3)4/h15-16,18,20H,5-14H2,1-4H3. The number of aliphatic hydroxyl groups is 1. The second-order valence-electron chi connectivity index (χ2n) is 7.24. The number of nitrogens with zero attached hydrogens (tertiary/aromatic N) is 1. The van der Waals surface area contributed by atoms with Gasteiger partial charge in [0.1, 0.15) is 0 Å². The van der Waals surface area contributed by atoms with E-state index in [1.807, 2.05) is 0 Å². The molecule has 1 saturated carbocycles. The summed E-state index contributed by atoms with van der Waals surface area (Å²) in [5.41, 5.74) is 0.403. The fourth-order valence-electron chi connectivity index (χ4n) is 3.37. The molecule has 0 aromatic heterocycles. The van der Waals surface area contributed by atoms with Crippen LogP contribution in [0.2, 0.25) is 0 Å². The molecule has 0 atom stereocenters. The molecule has 0 unspecified atom stereocenters. The maximum atomic E-state index is 9.32. The normalized spacial score (nSPS) is 19.8. The van der Waals surface area contributed by atoms with Crippen LogP contribution in [-0.4, -0.2) is 48.3 Å². The zero-order chi connectivity index (χ0) is 15.0. The van der Waals surface area contributed by atoms with Crippen molar-refractivity contribution in [1.82, 2.24) is 10.2 Å². The zero-order valence-electron chi connectivity index (χ0n) is 14.1. The second-order valence-corrected chi connectivity index (χ2v) is 7.24. The molecule has 120 valence electrons. The lowest BCUT2D eigenvalue weighted by Gasteiger charge is -2.40. The van der Waals surface area contributed by atoms with Gasteiger partial charge in [-0.15, -0.1) is 0 Å². The van der Waals surface area contributed by atoms with Crippen LogP contribution >= 0.6 is 0 Å². The maximum Gasteiger partial charge on any atom is 0.0558 e. The van der Waals surface area contributed by atoms with Crippen LogP contribution in [0.1, 0.15) is 66.2 Å². The highest BCUT2D eigenvalue weighted by Gasteiger charge is 2.33. The average Bonchev–Trinajstić information content (AvgIpc) is 2.62. The lowest BCUT2D eigenvalue weighted by Crippen LogP contribution is -2.48. The van der Waals surface area contributed by atoms with Gasteiger partial charge in [0, 0.05) is 31.7 Å². The van der Waals surface area contributed by atoms with E-state index in [9.17, 15) is 5.11 Å². The Labute approximate surface area is 126 Å². The molecule has 1 rings (SSSR count). The van der Waals surface area contributed by atoms with E-state index in [0.29, 0.717) is 17.5 Å². The van der Waals surface area contributed by atoms with Crippen LogP contribution in [0.4, 0.5) is 0 Å². The predicted octanol–water partition coefficient (Wildman–Crippen LogP) is 3.03. The van der Waals surface area contributed by atoms with Crippen LogP contribution in [-0.2, 0) is 0 Å². The van der Waals surface area contributed by atoms with Crippen LogP contribution in [0.25, 0.3) is 0 Å². The first-order valence-electron chi connectivity index (χ1n) is 8.57. The molecule has 0 heterocycles. The quantitative estimate of drug-likeness (QED) is 0.673. The molecular weight excluding hydrogens is 248 g/mol. The first-order valence-corrected chi connectivity index (χ1v) is 8.57. The lowest BCUT2D eigenvalue weighted by atomic mass is 9.79. The summed E-state index contributed by atoms with van der Waals surface area (Å²) in [6.45, 7) is 12.3. The van der Waals surface area contributed by atoms with Crippen molar-refractivity contribution in [3.05, 3.63) is 0 Å². The van der Waals surface area contributed by atoms with Crippen molar-refractivity contribution in [2.75, 3.05) is 26.2 Å². The van der Waals surface area contributed by atoms with Gasteiger partial charge in [0.05, 0.1) is 6.61 Å². The lowest BCUT2D eigenvalue weighted by molar-refractivity contribution is 0.0846. The maximum absolute atomic E-state index is 9.32. The predicted molar refractivity (Wildman–Crippen MR) is 87.1 cm³/mol. The number of aliphatic hydroxyl groups excluding tert-OH is 1. The molecule has 0 saturated heterocycles. The van der Waals surface area contributed by atoms with Crippen LogP contribution in [0.5, 0.6) is 0 Å². The van der Waals surface area contributed by atoms with Gasteiger partial charge in [-0.1, -0.05) is 39.5 Å². The van der Waals surface area contributed by atoms with Gasteiger partial charge in [0.25, 0.3) is 0 Å². The van der Waals surface area contributed by atoms with Gasteiger partial charge in [-0.2, -0.15) is 0 Å². The largest absolute Gasteiger partial charge is 0.395 e. The summed E-state index contributed by atoms with van der Waals surface area (Å²) in [4.78, 5) is 2.47. The Balaban J connectivity index is 2.73. The number of rotatable bonds is 8. The van der Waals surface area contributed by atoms with Crippen molar-refractivity contribution < 1.29 is 5.11 Å². The molecule has 0 aromatic carbocycles. The molecule has 2 N–H and O–H groups in total. The third kappa shape index (κ3) is 6.11. The highest BCUT2D eigenvalue weighted by Crippen LogP contribution is 2.36. The van der Waals surface area contributed by atoms with Gasteiger partial charge in [-0.25, -0.2) is 0 Å². The van der Waals surface area contributed by atoms with Crippen molar-refractivity contribution in [2.24, 2.45) is 5.41 Å². The van der Waals surface area contributed by atoms with Crippen LogP contribution in [0.15, 0.2) is 0 Å². The minimum absolute atomic E-state index is 0.270.